The van der Waals surface area contributed by atoms with Gasteiger partial charge in [-0.3, -0.25) is 34.2 Å². The van der Waals surface area contributed by atoms with Crippen molar-refractivity contribution in [1.82, 2.24) is 10.2 Å². The highest BCUT2D eigenvalue weighted by Crippen LogP contribution is 2.32. The van der Waals surface area contributed by atoms with Crippen molar-refractivity contribution in [2.24, 2.45) is 0 Å². The first-order valence-corrected chi connectivity index (χ1v) is 12.8. The van der Waals surface area contributed by atoms with E-state index in [2.05, 4.69) is 15.4 Å². The zero-order chi connectivity index (χ0) is 28.2. The number of nitrogens with zero attached hydrogens (tertiary/aromatic N) is 1. The maximum absolute atomic E-state index is 13.1. The number of unbranched alkanes of at least 4 members (excludes halogenated alkanes) is 2. The zero-order valence-corrected chi connectivity index (χ0v) is 21.8. The van der Waals surface area contributed by atoms with Crippen molar-refractivity contribution in [3.8, 4) is 0 Å². The van der Waals surface area contributed by atoms with E-state index in [0.717, 1.165) is 17.7 Å². The molecule has 1 aromatic carbocycles. The number of hydrogen-bond donors (Lipinski definition) is 2. The Labute approximate surface area is 225 Å². The molecular weight excluding hydrogens is 514 g/mol. The van der Waals surface area contributed by atoms with E-state index in [9.17, 15) is 28.8 Å². The van der Waals surface area contributed by atoms with Crippen molar-refractivity contribution in [1.29, 1.82) is 0 Å². The summed E-state index contributed by atoms with van der Waals surface area (Å²) in [4.78, 5) is 73.9. The average molecular weight is 548 g/mol. The zero-order valence-electron chi connectivity index (χ0n) is 21.8. The third-order valence-electron chi connectivity index (χ3n) is 6.13. The molecule has 1 fully saturated rings. The Morgan fingerprint density at radius 2 is 1.67 bits per heavy atom. The van der Waals surface area contributed by atoms with Crippen molar-refractivity contribution >= 4 is 41.2 Å². The van der Waals surface area contributed by atoms with Gasteiger partial charge in [-0.05, 0) is 31.4 Å². The van der Waals surface area contributed by atoms with Gasteiger partial charge in [0.05, 0.1) is 50.4 Å². The van der Waals surface area contributed by atoms with Gasteiger partial charge >= 0.3 is 5.97 Å². The van der Waals surface area contributed by atoms with Gasteiger partial charge in [0.15, 0.2) is 0 Å². The van der Waals surface area contributed by atoms with E-state index in [1.54, 1.807) is 6.07 Å². The number of nitrogens with one attached hydrogen (secondary N) is 2. The molecular formula is C26H33N3O10. The minimum Gasteiger partial charge on any atom is -0.467 e. The maximum Gasteiger partial charge on any atom is 0.331 e. The van der Waals surface area contributed by atoms with Gasteiger partial charge in [-0.1, -0.05) is 12.5 Å². The van der Waals surface area contributed by atoms with E-state index in [1.165, 1.54) is 19.2 Å². The number of fused-ring (bicyclic) bond motifs is 1. The van der Waals surface area contributed by atoms with Crippen molar-refractivity contribution in [3.05, 3.63) is 29.3 Å². The molecule has 0 saturated carbocycles. The van der Waals surface area contributed by atoms with Gasteiger partial charge in [-0.25, -0.2) is 4.79 Å². The van der Waals surface area contributed by atoms with Crippen LogP contribution in [0.2, 0.25) is 0 Å². The molecule has 3 rings (SSSR count). The predicted octanol–water partition coefficient (Wildman–Crippen LogP) is 0.810. The summed E-state index contributed by atoms with van der Waals surface area (Å²) in [5.74, 6) is -3.17. The van der Waals surface area contributed by atoms with Crippen LogP contribution in [0.25, 0.3) is 0 Å². The predicted molar refractivity (Wildman–Crippen MR) is 135 cm³/mol. The van der Waals surface area contributed by atoms with Crippen LogP contribution >= 0.6 is 0 Å². The fourth-order valence-corrected chi connectivity index (χ4v) is 4.15. The molecule has 1 atom stereocenters. The van der Waals surface area contributed by atoms with Crippen LogP contribution in [0.5, 0.6) is 0 Å². The smallest absolute Gasteiger partial charge is 0.331 e. The fraction of sp³-hybridized carbons (Fsp3) is 0.538. The molecule has 2 aliphatic rings. The van der Waals surface area contributed by atoms with E-state index < -0.39 is 35.6 Å². The SMILES string of the molecule is COC(=O)COCCOCCOCCCCCC(=O)Nc1cccc2c1C(=O)N(C1CCC(=O)NC1=O)C2=O. The second-order valence-corrected chi connectivity index (χ2v) is 8.89. The summed E-state index contributed by atoms with van der Waals surface area (Å²) in [6.07, 6.45) is 2.42. The van der Waals surface area contributed by atoms with Crippen LogP contribution in [0.1, 0.15) is 59.2 Å². The van der Waals surface area contributed by atoms with E-state index in [0.29, 0.717) is 32.8 Å². The van der Waals surface area contributed by atoms with Gasteiger partial charge in [0.25, 0.3) is 11.8 Å². The number of methoxy groups -OCH3 is 1. The van der Waals surface area contributed by atoms with E-state index >= 15 is 0 Å². The molecule has 212 valence electrons. The number of ether oxygens (including phenoxy) is 4. The van der Waals surface area contributed by atoms with Crippen LogP contribution in [0.15, 0.2) is 18.2 Å². The van der Waals surface area contributed by atoms with Crippen LogP contribution in [0.3, 0.4) is 0 Å². The molecule has 1 aromatic rings. The topological polar surface area (TPSA) is 167 Å². The molecule has 0 radical (unpaired) electrons. The van der Waals surface area contributed by atoms with Gasteiger partial charge < -0.3 is 24.3 Å². The molecule has 39 heavy (non-hydrogen) atoms. The quantitative estimate of drug-likeness (QED) is 0.172. The Morgan fingerprint density at radius 1 is 0.949 bits per heavy atom. The van der Waals surface area contributed by atoms with Crippen molar-refractivity contribution in [2.75, 3.05) is 52.1 Å². The third-order valence-corrected chi connectivity index (χ3v) is 6.13. The number of amides is 5. The van der Waals surface area contributed by atoms with Crippen LogP contribution in [-0.2, 0) is 38.1 Å². The Bertz CT molecular complexity index is 1090. The summed E-state index contributed by atoms with van der Waals surface area (Å²) in [6, 6.07) is 3.50. The fourth-order valence-electron chi connectivity index (χ4n) is 4.15. The molecule has 2 aliphatic heterocycles. The largest absolute Gasteiger partial charge is 0.467 e. The highest BCUT2D eigenvalue weighted by molar-refractivity contribution is 6.26. The Hall–Kier alpha value is -3.68. The lowest BCUT2D eigenvalue weighted by atomic mass is 10.0. The van der Waals surface area contributed by atoms with E-state index in [1.807, 2.05) is 0 Å². The number of esters is 1. The van der Waals surface area contributed by atoms with Gasteiger partial charge in [0.2, 0.25) is 17.7 Å². The van der Waals surface area contributed by atoms with Crippen LogP contribution in [0, 0.1) is 0 Å². The molecule has 13 nitrogen and oxygen atoms in total. The molecule has 0 aromatic heterocycles. The van der Waals surface area contributed by atoms with Crippen LogP contribution in [0.4, 0.5) is 5.69 Å². The second-order valence-electron chi connectivity index (χ2n) is 8.89. The Kier molecular flexibility index (Phi) is 11.5. The summed E-state index contributed by atoms with van der Waals surface area (Å²) >= 11 is 0. The minimum atomic E-state index is -1.07. The first kappa shape index (κ1) is 29.9. The number of hydrogen-bond acceptors (Lipinski definition) is 10. The number of piperidine rings is 1. The molecule has 2 heterocycles. The van der Waals surface area contributed by atoms with Crippen molar-refractivity contribution in [3.63, 3.8) is 0 Å². The molecule has 1 saturated heterocycles. The van der Waals surface area contributed by atoms with Gasteiger partial charge in [-0.15, -0.1) is 0 Å². The van der Waals surface area contributed by atoms with Crippen molar-refractivity contribution < 1.29 is 47.7 Å². The number of rotatable bonds is 16. The van der Waals surface area contributed by atoms with E-state index in [-0.39, 0.29) is 55.2 Å². The van der Waals surface area contributed by atoms with Crippen LogP contribution < -0.4 is 10.6 Å². The number of imide groups is 2. The number of carbonyl (C=O) groups excluding carboxylic acids is 6. The Balaban J connectivity index is 1.33. The maximum atomic E-state index is 13.1. The molecule has 13 heteroatoms. The van der Waals surface area contributed by atoms with Crippen molar-refractivity contribution in [2.45, 2.75) is 44.6 Å². The standard InChI is InChI=1S/C26H33N3O10/c1-36-22(32)16-39-15-14-38-13-12-37-11-4-2-3-8-20(30)27-18-7-5-6-17-23(18)26(35)29(25(17)34)19-9-10-21(31)28-24(19)33/h5-7,19H,2-4,8-16H2,1H3,(H,27,30)(H,28,31,33). The van der Waals surface area contributed by atoms with Gasteiger partial charge in [0.1, 0.15) is 12.6 Å². The summed E-state index contributed by atoms with van der Waals surface area (Å²) in [5.41, 5.74) is 0.369. The number of carbonyl (C=O) groups is 6. The van der Waals surface area contributed by atoms with Crippen LogP contribution in [-0.4, -0.2) is 93.2 Å². The number of anilines is 1. The number of benzene rings is 1. The molecule has 5 amide bonds. The highest BCUT2D eigenvalue weighted by atomic mass is 16.6. The molecule has 0 aliphatic carbocycles. The normalized spacial score (nSPS) is 16.7. The second kappa shape index (κ2) is 15.0. The molecule has 1 unspecified atom stereocenters. The Morgan fingerprint density at radius 3 is 2.38 bits per heavy atom. The average Bonchev–Trinajstić information content (AvgIpc) is 3.17. The molecule has 0 bridgehead atoms. The third kappa shape index (κ3) is 8.40. The van der Waals surface area contributed by atoms with Gasteiger partial charge in [0, 0.05) is 19.4 Å². The minimum absolute atomic E-state index is 0.0292. The lowest BCUT2D eigenvalue weighted by Crippen LogP contribution is -2.54. The first-order valence-electron chi connectivity index (χ1n) is 12.8. The first-order chi connectivity index (χ1) is 18.8. The van der Waals surface area contributed by atoms with Gasteiger partial charge in [-0.2, -0.15) is 0 Å². The molecule has 2 N–H and O–H groups in total. The summed E-state index contributed by atoms with van der Waals surface area (Å²) in [5, 5.41) is 4.86. The summed E-state index contributed by atoms with van der Waals surface area (Å²) < 4.78 is 20.3. The lowest BCUT2D eigenvalue weighted by molar-refractivity contribution is -0.146. The van der Waals surface area contributed by atoms with E-state index in [4.69, 9.17) is 14.2 Å². The lowest BCUT2D eigenvalue weighted by Gasteiger charge is -2.27. The highest BCUT2D eigenvalue weighted by Gasteiger charge is 2.45. The summed E-state index contributed by atoms with van der Waals surface area (Å²) in [6.45, 7) is 1.85. The summed E-state index contributed by atoms with van der Waals surface area (Å²) in [7, 11) is 1.29. The molecule has 0 spiro atoms. The monoisotopic (exact) mass is 547 g/mol.